The molecule has 3 rings (SSSR count). The molecule has 0 aliphatic carbocycles. The van der Waals surface area contributed by atoms with Crippen LogP contribution < -0.4 is 5.32 Å². The molecule has 2 aromatic carbocycles. The molecule has 1 N–H and O–H groups in total. The number of fused-ring (bicyclic) bond motifs is 1. The summed E-state index contributed by atoms with van der Waals surface area (Å²) < 4.78 is 4.71. The van der Waals surface area contributed by atoms with Crippen molar-refractivity contribution in [3.63, 3.8) is 0 Å². The van der Waals surface area contributed by atoms with Crippen LogP contribution in [0.4, 0.5) is 5.00 Å². The maximum atomic E-state index is 12.5. The lowest BCUT2D eigenvalue weighted by atomic mass is 10.0. The summed E-state index contributed by atoms with van der Waals surface area (Å²) in [6.07, 6.45) is 0. The topological polar surface area (TPSA) is 55.4 Å². The Bertz CT molecular complexity index is 848. The largest absolute Gasteiger partial charge is 0.465 e. The van der Waals surface area contributed by atoms with Crippen molar-refractivity contribution in [3.8, 4) is 0 Å². The summed E-state index contributed by atoms with van der Waals surface area (Å²) in [6, 6.07) is 14.9. The van der Waals surface area contributed by atoms with Crippen LogP contribution in [0.1, 0.15) is 20.7 Å². The Balaban J connectivity index is 1.95. The first-order valence-corrected chi connectivity index (χ1v) is 7.53. The van der Waals surface area contributed by atoms with E-state index in [2.05, 4.69) is 5.32 Å². The van der Waals surface area contributed by atoms with Gasteiger partial charge in [-0.25, -0.2) is 4.79 Å². The van der Waals surface area contributed by atoms with Gasteiger partial charge in [0.25, 0.3) is 5.91 Å². The number of ether oxygens (including phenoxy) is 1. The van der Waals surface area contributed by atoms with Crippen LogP contribution in [0.5, 0.6) is 0 Å². The molecule has 3 aromatic rings. The fourth-order valence-corrected chi connectivity index (χ4v) is 3.04. The van der Waals surface area contributed by atoms with E-state index in [4.69, 9.17) is 4.74 Å². The number of methoxy groups -OCH3 is 1. The van der Waals surface area contributed by atoms with Crippen molar-refractivity contribution in [2.24, 2.45) is 0 Å². The van der Waals surface area contributed by atoms with Crippen LogP contribution in [-0.2, 0) is 4.74 Å². The summed E-state index contributed by atoms with van der Waals surface area (Å²) >= 11 is 1.29. The minimum Gasteiger partial charge on any atom is -0.465 e. The number of hydrogen-bond donors (Lipinski definition) is 1. The molecule has 1 heterocycles. The molecule has 0 unspecified atom stereocenters. The summed E-state index contributed by atoms with van der Waals surface area (Å²) in [5, 5.41) is 6.89. The Morgan fingerprint density at radius 3 is 2.59 bits per heavy atom. The minimum absolute atomic E-state index is 0.246. The van der Waals surface area contributed by atoms with Crippen LogP contribution in [0.2, 0.25) is 0 Å². The van der Waals surface area contributed by atoms with Crippen LogP contribution in [0.3, 0.4) is 0 Å². The zero-order chi connectivity index (χ0) is 15.5. The maximum absolute atomic E-state index is 12.5. The second-order valence-electron chi connectivity index (χ2n) is 4.64. The van der Waals surface area contributed by atoms with Crippen molar-refractivity contribution in [2.75, 3.05) is 12.4 Å². The second-order valence-corrected chi connectivity index (χ2v) is 5.55. The Morgan fingerprint density at radius 1 is 1.00 bits per heavy atom. The van der Waals surface area contributed by atoms with Gasteiger partial charge in [0, 0.05) is 5.56 Å². The molecule has 5 heteroatoms. The van der Waals surface area contributed by atoms with Gasteiger partial charge in [-0.05, 0) is 28.3 Å². The number of carbonyl (C=O) groups is 2. The van der Waals surface area contributed by atoms with Crippen LogP contribution >= 0.6 is 11.3 Å². The highest BCUT2D eigenvalue weighted by Gasteiger charge is 2.17. The summed E-state index contributed by atoms with van der Waals surface area (Å²) in [7, 11) is 1.32. The molecular formula is C17H13NO3S. The lowest BCUT2D eigenvalue weighted by Crippen LogP contribution is -2.14. The van der Waals surface area contributed by atoms with Crippen molar-refractivity contribution in [1.82, 2.24) is 0 Å². The van der Waals surface area contributed by atoms with E-state index in [1.54, 1.807) is 17.5 Å². The molecule has 1 amide bonds. The highest BCUT2D eigenvalue weighted by molar-refractivity contribution is 7.14. The highest BCUT2D eigenvalue weighted by Crippen LogP contribution is 2.26. The van der Waals surface area contributed by atoms with Crippen molar-refractivity contribution >= 4 is 39.0 Å². The third-order valence-electron chi connectivity index (χ3n) is 3.33. The van der Waals surface area contributed by atoms with Crippen LogP contribution in [0.15, 0.2) is 53.9 Å². The van der Waals surface area contributed by atoms with E-state index in [9.17, 15) is 9.59 Å². The quantitative estimate of drug-likeness (QED) is 0.745. The number of hydrogen-bond acceptors (Lipinski definition) is 4. The van der Waals surface area contributed by atoms with E-state index in [-0.39, 0.29) is 5.91 Å². The lowest BCUT2D eigenvalue weighted by molar-refractivity contribution is 0.0602. The Morgan fingerprint density at radius 2 is 1.77 bits per heavy atom. The van der Waals surface area contributed by atoms with Crippen LogP contribution in [-0.4, -0.2) is 19.0 Å². The highest BCUT2D eigenvalue weighted by atomic mass is 32.1. The molecule has 0 fully saturated rings. The average molecular weight is 311 g/mol. The fourth-order valence-electron chi connectivity index (χ4n) is 2.27. The molecular weight excluding hydrogens is 298 g/mol. The lowest BCUT2D eigenvalue weighted by Gasteiger charge is -2.08. The number of rotatable bonds is 3. The molecule has 4 nitrogen and oxygen atoms in total. The first-order chi connectivity index (χ1) is 10.7. The van der Waals surface area contributed by atoms with E-state index in [1.165, 1.54) is 18.4 Å². The van der Waals surface area contributed by atoms with E-state index in [1.807, 2.05) is 36.4 Å². The molecule has 110 valence electrons. The molecule has 0 saturated carbocycles. The van der Waals surface area contributed by atoms with E-state index < -0.39 is 5.97 Å². The van der Waals surface area contributed by atoms with Gasteiger partial charge in [0.1, 0.15) is 5.00 Å². The van der Waals surface area contributed by atoms with Crippen molar-refractivity contribution in [2.45, 2.75) is 0 Å². The van der Waals surface area contributed by atoms with Gasteiger partial charge in [-0.1, -0.05) is 36.4 Å². The normalized spacial score (nSPS) is 10.4. The molecule has 0 atom stereocenters. The molecule has 0 spiro atoms. The number of thiophene rings is 1. The Hall–Kier alpha value is -2.66. The van der Waals surface area contributed by atoms with E-state index in [0.29, 0.717) is 16.1 Å². The second kappa shape index (κ2) is 5.99. The molecule has 0 bridgehead atoms. The summed E-state index contributed by atoms with van der Waals surface area (Å²) in [6.45, 7) is 0. The molecule has 0 aliphatic rings. The van der Waals surface area contributed by atoms with Crippen molar-refractivity contribution < 1.29 is 14.3 Å². The number of carbonyl (C=O) groups excluding carboxylic acids is 2. The van der Waals surface area contributed by atoms with Gasteiger partial charge in [0.05, 0.1) is 12.7 Å². The van der Waals surface area contributed by atoms with Gasteiger partial charge in [0.15, 0.2) is 0 Å². The van der Waals surface area contributed by atoms with Gasteiger partial charge in [-0.2, -0.15) is 0 Å². The molecule has 0 aliphatic heterocycles. The number of amides is 1. The standard InChI is InChI=1S/C17H13NO3S/c1-21-17(20)14-9-10-22-16(14)18-15(19)13-8-4-6-11-5-2-3-7-12(11)13/h2-10H,1H3,(H,18,19). The molecule has 0 radical (unpaired) electrons. The van der Waals surface area contributed by atoms with Gasteiger partial charge >= 0.3 is 5.97 Å². The first kappa shape index (κ1) is 14.3. The molecule has 0 saturated heterocycles. The van der Waals surface area contributed by atoms with Gasteiger partial charge in [-0.15, -0.1) is 11.3 Å². The zero-order valence-corrected chi connectivity index (χ0v) is 12.6. The first-order valence-electron chi connectivity index (χ1n) is 6.65. The monoisotopic (exact) mass is 311 g/mol. The van der Waals surface area contributed by atoms with Crippen molar-refractivity contribution in [3.05, 3.63) is 65.0 Å². The van der Waals surface area contributed by atoms with E-state index >= 15 is 0 Å². The third kappa shape index (κ3) is 2.58. The summed E-state index contributed by atoms with van der Waals surface area (Å²) in [4.78, 5) is 24.2. The predicted octanol–water partition coefficient (Wildman–Crippen LogP) is 3.94. The maximum Gasteiger partial charge on any atom is 0.340 e. The number of anilines is 1. The average Bonchev–Trinajstić information content (AvgIpc) is 3.01. The SMILES string of the molecule is COC(=O)c1ccsc1NC(=O)c1cccc2ccccc12. The van der Waals surface area contributed by atoms with Gasteiger partial charge in [0.2, 0.25) is 0 Å². The van der Waals surface area contributed by atoms with Crippen LogP contribution in [0, 0.1) is 0 Å². The third-order valence-corrected chi connectivity index (χ3v) is 4.16. The summed E-state index contributed by atoms with van der Waals surface area (Å²) in [5.41, 5.74) is 0.934. The number of nitrogens with one attached hydrogen (secondary N) is 1. The van der Waals surface area contributed by atoms with Crippen LogP contribution in [0.25, 0.3) is 10.8 Å². The van der Waals surface area contributed by atoms with Gasteiger partial charge in [-0.3, -0.25) is 4.79 Å². The molecule has 1 aromatic heterocycles. The molecule has 22 heavy (non-hydrogen) atoms. The van der Waals surface area contributed by atoms with Gasteiger partial charge < -0.3 is 10.1 Å². The zero-order valence-electron chi connectivity index (χ0n) is 11.8. The Labute approximate surface area is 131 Å². The van der Waals surface area contributed by atoms with E-state index in [0.717, 1.165) is 10.8 Å². The minimum atomic E-state index is -0.463. The smallest absolute Gasteiger partial charge is 0.340 e. The summed E-state index contributed by atoms with van der Waals surface area (Å²) in [5.74, 6) is -0.709. The number of benzene rings is 2. The predicted molar refractivity (Wildman–Crippen MR) is 87.6 cm³/mol. The number of esters is 1. The Kier molecular flexibility index (Phi) is 3.89. The van der Waals surface area contributed by atoms with Crippen molar-refractivity contribution in [1.29, 1.82) is 0 Å². The fraction of sp³-hybridized carbons (Fsp3) is 0.0588.